The SMILES string of the molecule is CCc1nnc(C(=O)CNC(=O)C(CS(=O)Cc2ccccc2)OC(=O)N2CCOCC2)o1. The van der Waals surface area contributed by atoms with Crippen LogP contribution >= 0.6 is 0 Å². The fourth-order valence-corrected chi connectivity index (χ4v) is 4.20. The van der Waals surface area contributed by atoms with E-state index in [2.05, 4.69) is 15.5 Å². The molecule has 1 N–H and O–H groups in total. The number of rotatable bonds is 10. The summed E-state index contributed by atoms with van der Waals surface area (Å²) in [6.45, 7) is 2.76. The maximum atomic E-state index is 12.8. The van der Waals surface area contributed by atoms with Gasteiger partial charge < -0.3 is 24.1 Å². The Kier molecular flexibility index (Phi) is 9.07. The van der Waals surface area contributed by atoms with Crippen LogP contribution in [0.15, 0.2) is 34.7 Å². The number of morpholine rings is 1. The molecule has 0 bridgehead atoms. The standard InChI is InChI=1S/C21H26N4O7S/c1-2-18-23-24-20(32-18)16(26)12-22-19(27)17(31-21(28)25-8-10-30-11-9-25)14-33(29)13-15-6-4-3-5-7-15/h3-7,17H,2,8-14H2,1H3,(H,22,27). The van der Waals surface area contributed by atoms with Crippen LogP contribution in [0.4, 0.5) is 4.79 Å². The van der Waals surface area contributed by atoms with E-state index in [1.165, 1.54) is 4.90 Å². The molecule has 0 radical (unpaired) electrons. The Balaban J connectivity index is 1.62. The average Bonchev–Trinajstić information content (AvgIpc) is 3.32. The van der Waals surface area contributed by atoms with Gasteiger partial charge in [0.25, 0.3) is 11.8 Å². The van der Waals surface area contributed by atoms with Gasteiger partial charge in [0, 0.05) is 36.1 Å². The third-order valence-corrected chi connectivity index (χ3v) is 6.07. The maximum Gasteiger partial charge on any atom is 0.410 e. The van der Waals surface area contributed by atoms with Crippen molar-refractivity contribution in [2.45, 2.75) is 25.2 Å². The number of ketones is 1. The van der Waals surface area contributed by atoms with Crippen LogP contribution in [-0.2, 0) is 37.2 Å². The highest BCUT2D eigenvalue weighted by Gasteiger charge is 2.29. The number of aryl methyl sites for hydroxylation is 1. The molecule has 2 atom stereocenters. The lowest BCUT2D eigenvalue weighted by Gasteiger charge is -2.28. The quantitative estimate of drug-likeness (QED) is 0.489. The molecule has 12 heteroatoms. The van der Waals surface area contributed by atoms with Crippen molar-refractivity contribution in [3.8, 4) is 0 Å². The lowest BCUT2D eigenvalue weighted by Crippen LogP contribution is -2.47. The molecule has 3 rings (SSSR count). The normalized spacial score (nSPS) is 15.5. The second-order valence-corrected chi connectivity index (χ2v) is 8.71. The van der Waals surface area contributed by atoms with Gasteiger partial charge in [-0.2, -0.15) is 0 Å². The molecule has 2 unspecified atom stereocenters. The van der Waals surface area contributed by atoms with Crippen molar-refractivity contribution in [2.24, 2.45) is 0 Å². The van der Waals surface area contributed by atoms with E-state index in [0.29, 0.717) is 38.6 Å². The molecule has 0 aliphatic carbocycles. The lowest BCUT2D eigenvalue weighted by atomic mass is 10.2. The van der Waals surface area contributed by atoms with Crippen LogP contribution in [0.5, 0.6) is 0 Å². The van der Waals surface area contributed by atoms with Crippen molar-refractivity contribution in [1.29, 1.82) is 0 Å². The highest BCUT2D eigenvalue weighted by atomic mass is 32.2. The Labute approximate surface area is 193 Å². The van der Waals surface area contributed by atoms with Crippen LogP contribution in [0.25, 0.3) is 0 Å². The number of Topliss-reactive ketones (excluding diaryl/α,β-unsaturated/α-hetero) is 1. The van der Waals surface area contributed by atoms with E-state index in [0.717, 1.165) is 5.56 Å². The summed E-state index contributed by atoms with van der Waals surface area (Å²) in [5.41, 5.74) is 0.827. The number of ether oxygens (including phenoxy) is 2. The number of nitrogens with one attached hydrogen (secondary N) is 1. The summed E-state index contributed by atoms with van der Waals surface area (Å²) in [5, 5.41) is 9.77. The van der Waals surface area contributed by atoms with E-state index in [4.69, 9.17) is 13.9 Å². The molecule has 1 fully saturated rings. The van der Waals surface area contributed by atoms with Gasteiger partial charge in [-0.25, -0.2) is 4.79 Å². The number of benzene rings is 1. The van der Waals surface area contributed by atoms with Crippen molar-refractivity contribution < 1.29 is 32.5 Å². The summed E-state index contributed by atoms with van der Waals surface area (Å²) in [6.07, 6.45) is -1.57. The van der Waals surface area contributed by atoms with Crippen molar-refractivity contribution in [3.63, 3.8) is 0 Å². The number of carbonyl (C=O) groups is 3. The van der Waals surface area contributed by atoms with Gasteiger partial charge >= 0.3 is 6.09 Å². The predicted octanol–water partition coefficient (Wildman–Crippen LogP) is 0.717. The van der Waals surface area contributed by atoms with Gasteiger partial charge in [-0.1, -0.05) is 37.3 Å². The molecule has 33 heavy (non-hydrogen) atoms. The minimum Gasteiger partial charge on any atom is -0.435 e. The van der Waals surface area contributed by atoms with Crippen LogP contribution in [0, 0.1) is 0 Å². The second kappa shape index (κ2) is 12.2. The van der Waals surface area contributed by atoms with E-state index < -0.39 is 41.2 Å². The molecular formula is C21H26N4O7S. The number of aromatic nitrogens is 2. The zero-order chi connectivity index (χ0) is 23.6. The first kappa shape index (κ1) is 24.5. The summed E-state index contributed by atoms with van der Waals surface area (Å²) in [7, 11) is -1.50. The number of nitrogens with zero attached hydrogens (tertiary/aromatic N) is 3. The Bertz CT molecular complexity index is 976. The molecule has 1 aromatic heterocycles. The maximum absolute atomic E-state index is 12.8. The van der Waals surface area contributed by atoms with Crippen LogP contribution in [0.1, 0.15) is 29.1 Å². The third kappa shape index (κ3) is 7.46. The van der Waals surface area contributed by atoms with E-state index in [1.807, 2.05) is 30.3 Å². The zero-order valence-electron chi connectivity index (χ0n) is 18.2. The van der Waals surface area contributed by atoms with Crippen LogP contribution in [0.3, 0.4) is 0 Å². The van der Waals surface area contributed by atoms with Crippen molar-refractivity contribution in [2.75, 3.05) is 38.6 Å². The number of hydrogen-bond acceptors (Lipinski definition) is 9. The first-order valence-corrected chi connectivity index (χ1v) is 12.0. The molecule has 11 nitrogen and oxygen atoms in total. The first-order chi connectivity index (χ1) is 16.0. The van der Waals surface area contributed by atoms with Gasteiger partial charge in [-0.3, -0.25) is 13.8 Å². The number of carbonyl (C=O) groups excluding carboxylic acids is 3. The average molecular weight is 479 g/mol. The van der Waals surface area contributed by atoms with Gasteiger partial charge in [-0.15, -0.1) is 10.2 Å². The minimum atomic E-state index is -1.50. The van der Waals surface area contributed by atoms with Gasteiger partial charge in [0.15, 0.2) is 6.10 Å². The molecule has 2 amide bonds. The molecule has 2 aromatic rings. The molecular weight excluding hydrogens is 452 g/mol. The molecule has 1 aliphatic rings. The second-order valence-electron chi connectivity index (χ2n) is 7.20. The third-order valence-electron chi connectivity index (χ3n) is 4.74. The fourth-order valence-electron chi connectivity index (χ4n) is 2.96. The van der Waals surface area contributed by atoms with E-state index in [9.17, 15) is 18.6 Å². The van der Waals surface area contributed by atoms with Crippen molar-refractivity contribution >= 4 is 28.6 Å². The Morgan fingerprint density at radius 3 is 2.58 bits per heavy atom. The van der Waals surface area contributed by atoms with Gasteiger partial charge in [0.05, 0.1) is 25.5 Å². The highest BCUT2D eigenvalue weighted by molar-refractivity contribution is 7.84. The molecule has 1 aromatic carbocycles. The van der Waals surface area contributed by atoms with Crippen LogP contribution in [-0.4, -0.2) is 81.8 Å². The first-order valence-electron chi connectivity index (χ1n) is 10.5. The van der Waals surface area contributed by atoms with Crippen molar-refractivity contribution in [1.82, 2.24) is 20.4 Å². The van der Waals surface area contributed by atoms with E-state index in [1.54, 1.807) is 6.92 Å². The Morgan fingerprint density at radius 1 is 1.18 bits per heavy atom. The summed E-state index contributed by atoms with van der Waals surface area (Å²) in [4.78, 5) is 38.9. The largest absolute Gasteiger partial charge is 0.435 e. The summed E-state index contributed by atoms with van der Waals surface area (Å²) in [6, 6.07) is 9.13. The van der Waals surface area contributed by atoms with E-state index >= 15 is 0 Å². The van der Waals surface area contributed by atoms with Gasteiger partial charge in [0.1, 0.15) is 0 Å². The lowest BCUT2D eigenvalue weighted by molar-refractivity contribution is -0.129. The molecule has 1 saturated heterocycles. The summed E-state index contributed by atoms with van der Waals surface area (Å²) >= 11 is 0. The minimum absolute atomic E-state index is 0.195. The Hall–Kier alpha value is -3.12. The zero-order valence-corrected chi connectivity index (χ0v) is 19.0. The highest BCUT2D eigenvalue weighted by Crippen LogP contribution is 2.09. The molecule has 2 heterocycles. The number of hydrogen-bond donors (Lipinski definition) is 1. The summed E-state index contributed by atoms with van der Waals surface area (Å²) < 4.78 is 28.5. The molecule has 0 saturated carbocycles. The molecule has 178 valence electrons. The predicted molar refractivity (Wildman–Crippen MR) is 117 cm³/mol. The van der Waals surface area contributed by atoms with Crippen molar-refractivity contribution in [3.05, 3.63) is 47.7 Å². The fraction of sp³-hybridized carbons (Fsp3) is 0.476. The topological polar surface area (TPSA) is 141 Å². The monoisotopic (exact) mass is 478 g/mol. The van der Waals surface area contributed by atoms with E-state index in [-0.39, 0.29) is 17.4 Å². The smallest absolute Gasteiger partial charge is 0.410 e. The molecule has 1 aliphatic heterocycles. The van der Waals surface area contributed by atoms with Gasteiger partial charge in [0.2, 0.25) is 11.7 Å². The molecule has 0 spiro atoms. The summed E-state index contributed by atoms with van der Waals surface area (Å²) in [5.74, 6) is -1.26. The Morgan fingerprint density at radius 2 is 1.91 bits per heavy atom. The van der Waals surface area contributed by atoms with Crippen LogP contribution < -0.4 is 5.32 Å². The number of amides is 2. The van der Waals surface area contributed by atoms with Gasteiger partial charge in [-0.05, 0) is 5.56 Å². The van der Waals surface area contributed by atoms with Crippen LogP contribution in [0.2, 0.25) is 0 Å².